The average Bonchev–Trinajstić information content (AvgIpc) is 2.59. The molecule has 0 heterocycles. The van der Waals surface area contributed by atoms with E-state index in [1.54, 1.807) is 11.8 Å². The Morgan fingerprint density at radius 2 is 1.96 bits per heavy atom. The number of carbonyl (C=O) groups excluding carboxylic acids is 1. The number of nitrogens with one attached hydrogen (secondary N) is 2. The second-order valence-corrected chi connectivity index (χ2v) is 6.74. The molecule has 1 amide bonds. The number of halogens is 1. The number of benzene rings is 2. The highest BCUT2D eigenvalue weighted by atomic mass is 35.5. The molecule has 2 rings (SSSR count). The van der Waals surface area contributed by atoms with Crippen molar-refractivity contribution in [3.05, 3.63) is 71.8 Å². The summed E-state index contributed by atoms with van der Waals surface area (Å²) in [7, 11) is 0. The van der Waals surface area contributed by atoms with Crippen molar-refractivity contribution < 1.29 is 4.79 Å². The van der Waals surface area contributed by atoms with Crippen molar-refractivity contribution in [2.24, 2.45) is 0 Å². The highest BCUT2D eigenvalue weighted by Crippen LogP contribution is 2.27. The Morgan fingerprint density at radius 3 is 2.71 bits per heavy atom. The van der Waals surface area contributed by atoms with Crippen molar-refractivity contribution in [1.29, 1.82) is 0 Å². The normalized spacial score (nSPS) is 11.8. The van der Waals surface area contributed by atoms with Gasteiger partial charge in [0, 0.05) is 21.7 Å². The molecule has 0 saturated carbocycles. The van der Waals surface area contributed by atoms with E-state index in [2.05, 4.69) is 17.2 Å². The van der Waals surface area contributed by atoms with Crippen LogP contribution >= 0.6 is 23.4 Å². The quantitative estimate of drug-likeness (QED) is 0.519. The van der Waals surface area contributed by atoms with Crippen LogP contribution in [0.15, 0.2) is 66.1 Å². The van der Waals surface area contributed by atoms with Gasteiger partial charge >= 0.3 is 0 Å². The first-order valence-corrected chi connectivity index (χ1v) is 9.08. The predicted molar refractivity (Wildman–Crippen MR) is 104 cm³/mol. The number of amides is 1. The van der Waals surface area contributed by atoms with Gasteiger partial charge in [-0.2, -0.15) is 0 Å². The molecule has 0 spiro atoms. The molecule has 3 nitrogen and oxygen atoms in total. The SMILES string of the molecule is C=CCSc1ccccc1NC(=O)CN[C@@H](C)c1ccccc1Cl. The molecule has 0 fully saturated rings. The minimum absolute atomic E-state index is 0.00478. The molecule has 2 N–H and O–H groups in total. The van der Waals surface area contributed by atoms with Gasteiger partial charge in [0.25, 0.3) is 0 Å². The van der Waals surface area contributed by atoms with E-state index in [4.69, 9.17) is 11.6 Å². The summed E-state index contributed by atoms with van der Waals surface area (Å²) >= 11 is 7.82. The van der Waals surface area contributed by atoms with Crippen LogP contribution in [-0.2, 0) is 4.79 Å². The molecular weight excluding hydrogens is 340 g/mol. The number of carbonyl (C=O) groups is 1. The topological polar surface area (TPSA) is 41.1 Å². The lowest BCUT2D eigenvalue weighted by Gasteiger charge is -2.16. The van der Waals surface area contributed by atoms with Crippen LogP contribution in [0.25, 0.3) is 0 Å². The fourth-order valence-corrected chi connectivity index (χ4v) is 3.27. The Labute approximate surface area is 152 Å². The molecule has 0 aliphatic carbocycles. The monoisotopic (exact) mass is 360 g/mol. The summed E-state index contributed by atoms with van der Waals surface area (Å²) < 4.78 is 0. The molecule has 2 aromatic rings. The summed E-state index contributed by atoms with van der Waals surface area (Å²) in [4.78, 5) is 13.3. The molecule has 0 radical (unpaired) electrons. The molecular formula is C19H21ClN2OS. The molecule has 0 aromatic heterocycles. The van der Waals surface area contributed by atoms with E-state index < -0.39 is 0 Å². The van der Waals surface area contributed by atoms with Crippen LogP contribution in [0.3, 0.4) is 0 Å². The van der Waals surface area contributed by atoms with Crippen LogP contribution in [-0.4, -0.2) is 18.2 Å². The summed E-state index contributed by atoms with van der Waals surface area (Å²) in [5, 5.41) is 6.85. The van der Waals surface area contributed by atoms with Crippen molar-refractivity contribution in [2.75, 3.05) is 17.6 Å². The third-order valence-electron chi connectivity index (χ3n) is 3.46. The first-order chi connectivity index (χ1) is 11.6. The molecule has 0 unspecified atom stereocenters. The second kappa shape index (κ2) is 9.52. The lowest BCUT2D eigenvalue weighted by molar-refractivity contribution is -0.115. The van der Waals surface area contributed by atoms with Gasteiger partial charge in [-0.1, -0.05) is 48.0 Å². The summed E-state index contributed by atoms with van der Waals surface area (Å²) in [5.74, 6) is 0.717. The van der Waals surface area contributed by atoms with Gasteiger partial charge in [0.2, 0.25) is 5.91 Å². The zero-order valence-electron chi connectivity index (χ0n) is 13.6. The number of thioether (sulfide) groups is 1. The zero-order valence-corrected chi connectivity index (χ0v) is 15.2. The first kappa shape index (κ1) is 18.6. The molecule has 1 atom stereocenters. The van der Waals surface area contributed by atoms with Gasteiger partial charge in [-0.05, 0) is 30.7 Å². The van der Waals surface area contributed by atoms with Crippen molar-refractivity contribution in [2.45, 2.75) is 17.9 Å². The van der Waals surface area contributed by atoms with Gasteiger partial charge in [0.05, 0.1) is 12.2 Å². The predicted octanol–water partition coefficient (Wildman–Crippen LogP) is 4.91. The van der Waals surface area contributed by atoms with E-state index >= 15 is 0 Å². The van der Waals surface area contributed by atoms with Gasteiger partial charge < -0.3 is 10.6 Å². The van der Waals surface area contributed by atoms with E-state index in [9.17, 15) is 4.79 Å². The number of rotatable bonds is 8. The van der Waals surface area contributed by atoms with Crippen LogP contribution in [0.4, 0.5) is 5.69 Å². The highest BCUT2D eigenvalue weighted by molar-refractivity contribution is 7.99. The maximum Gasteiger partial charge on any atom is 0.238 e. The average molecular weight is 361 g/mol. The van der Waals surface area contributed by atoms with Crippen molar-refractivity contribution in [3.63, 3.8) is 0 Å². The fourth-order valence-electron chi connectivity index (χ4n) is 2.22. The van der Waals surface area contributed by atoms with E-state index in [0.29, 0.717) is 5.02 Å². The van der Waals surface area contributed by atoms with Gasteiger partial charge in [-0.3, -0.25) is 4.79 Å². The van der Waals surface area contributed by atoms with E-state index in [-0.39, 0.29) is 18.5 Å². The second-order valence-electron chi connectivity index (χ2n) is 5.27. The van der Waals surface area contributed by atoms with Gasteiger partial charge in [0.1, 0.15) is 0 Å². The Bertz CT molecular complexity index is 705. The molecule has 5 heteroatoms. The molecule has 126 valence electrons. The molecule has 2 aromatic carbocycles. The minimum Gasteiger partial charge on any atom is -0.324 e. The smallest absolute Gasteiger partial charge is 0.238 e. The largest absolute Gasteiger partial charge is 0.324 e. The van der Waals surface area contributed by atoms with Crippen LogP contribution in [0.5, 0.6) is 0 Å². The first-order valence-electron chi connectivity index (χ1n) is 7.72. The Balaban J connectivity index is 1.92. The van der Waals surface area contributed by atoms with E-state index in [1.165, 1.54) is 0 Å². The lowest BCUT2D eigenvalue weighted by atomic mass is 10.1. The van der Waals surface area contributed by atoms with Crippen LogP contribution in [0.2, 0.25) is 5.02 Å². The third-order valence-corrected chi connectivity index (χ3v) is 4.87. The fraction of sp³-hybridized carbons (Fsp3) is 0.211. The summed E-state index contributed by atoms with van der Waals surface area (Å²) in [6.07, 6.45) is 1.84. The standard InChI is InChI=1S/C19H21ClN2OS/c1-3-12-24-18-11-7-6-10-17(18)22-19(23)13-21-14(2)15-8-4-5-9-16(15)20/h3-11,14,21H,1,12-13H2,2H3,(H,22,23)/t14-/m0/s1. The molecule has 24 heavy (non-hydrogen) atoms. The molecule has 0 aliphatic rings. The maximum atomic E-state index is 12.2. The van der Waals surface area contributed by atoms with Crippen molar-refractivity contribution in [3.8, 4) is 0 Å². The zero-order chi connectivity index (χ0) is 17.4. The van der Waals surface area contributed by atoms with Crippen LogP contribution < -0.4 is 10.6 Å². The van der Waals surface area contributed by atoms with Crippen molar-refractivity contribution in [1.82, 2.24) is 5.32 Å². The number of hydrogen-bond acceptors (Lipinski definition) is 3. The van der Waals surface area contributed by atoms with Crippen LogP contribution in [0.1, 0.15) is 18.5 Å². The minimum atomic E-state index is -0.0828. The van der Waals surface area contributed by atoms with E-state index in [1.807, 2.05) is 61.5 Å². The third kappa shape index (κ3) is 5.41. The molecule has 0 aliphatic heterocycles. The maximum absolute atomic E-state index is 12.2. The van der Waals surface area contributed by atoms with E-state index in [0.717, 1.165) is 21.9 Å². The Kier molecular flexibility index (Phi) is 7.37. The summed E-state index contributed by atoms with van der Waals surface area (Å²) in [6.45, 7) is 5.93. The summed E-state index contributed by atoms with van der Waals surface area (Å²) in [5.41, 5.74) is 1.80. The van der Waals surface area contributed by atoms with Crippen LogP contribution in [0, 0.1) is 0 Å². The molecule has 0 bridgehead atoms. The highest BCUT2D eigenvalue weighted by Gasteiger charge is 2.11. The molecule has 0 saturated heterocycles. The Hall–Kier alpha value is -1.75. The summed E-state index contributed by atoms with van der Waals surface area (Å²) in [6, 6.07) is 15.4. The van der Waals surface area contributed by atoms with Crippen molar-refractivity contribution >= 4 is 35.0 Å². The number of anilines is 1. The number of hydrogen-bond donors (Lipinski definition) is 2. The number of para-hydroxylation sites is 1. The van der Waals surface area contributed by atoms with Gasteiger partial charge in [-0.15, -0.1) is 18.3 Å². The van der Waals surface area contributed by atoms with Gasteiger partial charge in [-0.25, -0.2) is 0 Å². The Morgan fingerprint density at radius 1 is 1.25 bits per heavy atom. The van der Waals surface area contributed by atoms with Gasteiger partial charge in [0.15, 0.2) is 0 Å². The lowest BCUT2D eigenvalue weighted by Crippen LogP contribution is -2.30.